The van der Waals surface area contributed by atoms with Gasteiger partial charge < -0.3 is 5.32 Å². The first-order chi connectivity index (χ1) is 6.22. The first kappa shape index (κ1) is 9.81. The van der Waals surface area contributed by atoms with Gasteiger partial charge >= 0.3 is 0 Å². The van der Waals surface area contributed by atoms with Crippen molar-refractivity contribution in [2.24, 2.45) is 5.41 Å². The predicted molar refractivity (Wildman–Crippen MR) is 59.2 cm³/mol. The SMILES string of the molecule is CC(S)N1CCC2(CCNC2)CC1. The molecule has 0 aromatic heterocycles. The van der Waals surface area contributed by atoms with Crippen LogP contribution in [0.1, 0.15) is 26.2 Å². The summed E-state index contributed by atoms with van der Waals surface area (Å²) in [5.41, 5.74) is 0.652. The van der Waals surface area contributed by atoms with Crippen molar-refractivity contribution in [2.75, 3.05) is 26.2 Å². The van der Waals surface area contributed by atoms with Gasteiger partial charge in [0.15, 0.2) is 0 Å². The van der Waals surface area contributed by atoms with Crippen LogP contribution in [0, 0.1) is 5.41 Å². The number of hydrogen-bond donors (Lipinski definition) is 2. The summed E-state index contributed by atoms with van der Waals surface area (Å²) < 4.78 is 0. The first-order valence-electron chi connectivity index (χ1n) is 5.35. The fraction of sp³-hybridized carbons (Fsp3) is 1.00. The third-order valence-corrected chi connectivity index (χ3v) is 4.05. The molecule has 0 bridgehead atoms. The van der Waals surface area contributed by atoms with Gasteiger partial charge in [-0.05, 0) is 51.2 Å². The van der Waals surface area contributed by atoms with Crippen molar-refractivity contribution in [2.45, 2.75) is 31.6 Å². The highest BCUT2D eigenvalue weighted by atomic mass is 32.1. The summed E-state index contributed by atoms with van der Waals surface area (Å²) in [5, 5.41) is 3.93. The summed E-state index contributed by atoms with van der Waals surface area (Å²) in [4.78, 5) is 2.48. The molecule has 0 amide bonds. The number of hydrogen-bond acceptors (Lipinski definition) is 3. The molecule has 0 aliphatic carbocycles. The van der Waals surface area contributed by atoms with E-state index in [0.29, 0.717) is 10.8 Å². The van der Waals surface area contributed by atoms with Gasteiger partial charge in [-0.1, -0.05) is 0 Å². The topological polar surface area (TPSA) is 15.3 Å². The van der Waals surface area contributed by atoms with Gasteiger partial charge in [0.2, 0.25) is 0 Å². The Morgan fingerprint density at radius 1 is 1.31 bits per heavy atom. The Hall–Kier alpha value is 0.270. The Bertz CT molecular complexity index is 166. The summed E-state index contributed by atoms with van der Waals surface area (Å²) in [6, 6.07) is 0. The lowest BCUT2D eigenvalue weighted by Crippen LogP contribution is -2.43. The summed E-state index contributed by atoms with van der Waals surface area (Å²) in [5.74, 6) is 0. The fourth-order valence-electron chi connectivity index (χ4n) is 2.59. The lowest BCUT2D eigenvalue weighted by atomic mass is 9.78. The molecule has 0 aromatic carbocycles. The van der Waals surface area contributed by atoms with Gasteiger partial charge in [0.25, 0.3) is 0 Å². The van der Waals surface area contributed by atoms with Gasteiger partial charge in [-0.15, -0.1) is 0 Å². The first-order valence-corrected chi connectivity index (χ1v) is 5.86. The van der Waals surface area contributed by atoms with E-state index in [4.69, 9.17) is 0 Å². The van der Waals surface area contributed by atoms with Crippen LogP contribution in [0.5, 0.6) is 0 Å². The zero-order valence-corrected chi connectivity index (χ0v) is 9.32. The molecular formula is C10H20N2S. The number of likely N-dealkylation sites (tertiary alicyclic amines) is 1. The average Bonchev–Trinajstić information content (AvgIpc) is 2.54. The molecule has 2 saturated heterocycles. The van der Waals surface area contributed by atoms with Gasteiger partial charge in [-0.3, -0.25) is 4.90 Å². The van der Waals surface area contributed by atoms with Crippen LogP contribution in [0.4, 0.5) is 0 Å². The van der Waals surface area contributed by atoms with Crippen molar-refractivity contribution in [3.8, 4) is 0 Å². The lowest BCUT2D eigenvalue weighted by Gasteiger charge is -2.40. The fourth-order valence-corrected chi connectivity index (χ4v) is 2.83. The van der Waals surface area contributed by atoms with Crippen LogP contribution >= 0.6 is 12.6 Å². The van der Waals surface area contributed by atoms with E-state index in [9.17, 15) is 0 Å². The van der Waals surface area contributed by atoms with Crippen molar-refractivity contribution in [3.05, 3.63) is 0 Å². The Morgan fingerprint density at radius 2 is 2.00 bits per heavy atom. The molecule has 2 nitrogen and oxygen atoms in total. The van der Waals surface area contributed by atoms with Gasteiger partial charge in [0.05, 0.1) is 0 Å². The monoisotopic (exact) mass is 200 g/mol. The van der Waals surface area contributed by atoms with Crippen molar-refractivity contribution < 1.29 is 0 Å². The normalized spacial score (nSPS) is 30.9. The molecule has 2 aliphatic rings. The quantitative estimate of drug-likeness (QED) is 0.621. The van der Waals surface area contributed by atoms with Crippen LogP contribution in [-0.4, -0.2) is 36.5 Å². The summed E-state index contributed by atoms with van der Waals surface area (Å²) in [7, 11) is 0. The smallest absolute Gasteiger partial charge is 0.0499 e. The van der Waals surface area contributed by atoms with Crippen LogP contribution in [0.15, 0.2) is 0 Å². The minimum Gasteiger partial charge on any atom is -0.316 e. The third kappa shape index (κ3) is 2.03. The van der Waals surface area contributed by atoms with Crippen molar-refractivity contribution >= 4 is 12.6 Å². The van der Waals surface area contributed by atoms with E-state index < -0.39 is 0 Å². The Kier molecular flexibility index (Phi) is 2.86. The van der Waals surface area contributed by atoms with E-state index in [1.54, 1.807) is 0 Å². The summed E-state index contributed by atoms with van der Waals surface area (Å²) in [6.07, 6.45) is 4.12. The molecule has 76 valence electrons. The number of nitrogens with zero attached hydrogens (tertiary/aromatic N) is 1. The molecule has 0 radical (unpaired) electrons. The molecule has 2 rings (SSSR count). The Balaban J connectivity index is 1.88. The molecule has 3 heteroatoms. The molecule has 13 heavy (non-hydrogen) atoms. The highest BCUT2D eigenvalue weighted by Gasteiger charge is 2.37. The molecule has 0 aromatic rings. The maximum absolute atomic E-state index is 4.48. The second-order valence-electron chi connectivity index (χ2n) is 4.59. The summed E-state index contributed by atoms with van der Waals surface area (Å²) >= 11 is 4.48. The Morgan fingerprint density at radius 3 is 2.46 bits per heavy atom. The molecule has 2 aliphatic heterocycles. The van der Waals surface area contributed by atoms with Gasteiger partial charge in [0.1, 0.15) is 0 Å². The van der Waals surface area contributed by atoms with E-state index in [1.807, 2.05) is 0 Å². The van der Waals surface area contributed by atoms with Crippen LogP contribution in [0.25, 0.3) is 0 Å². The molecule has 2 fully saturated rings. The highest BCUT2D eigenvalue weighted by Crippen LogP contribution is 2.37. The molecule has 1 spiro atoms. The van der Waals surface area contributed by atoms with Crippen LogP contribution in [-0.2, 0) is 0 Å². The van der Waals surface area contributed by atoms with Gasteiger partial charge in [-0.2, -0.15) is 12.6 Å². The van der Waals surface area contributed by atoms with Crippen LogP contribution in [0.3, 0.4) is 0 Å². The van der Waals surface area contributed by atoms with Crippen molar-refractivity contribution in [3.63, 3.8) is 0 Å². The van der Waals surface area contributed by atoms with Gasteiger partial charge in [0, 0.05) is 11.9 Å². The maximum atomic E-state index is 4.48. The molecule has 1 unspecified atom stereocenters. The second-order valence-corrected chi connectivity index (χ2v) is 5.34. The van der Waals surface area contributed by atoms with Crippen molar-refractivity contribution in [1.29, 1.82) is 0 Å². The minimum absolute atomic E-state index is 0.437. The molecule has 0 saturated carbocycles. The van der Waals surface area contributed by atoms with E-state index in [2.05, 4.69) is 29.8 Å². The highest BCUT2D eigenvalue weighted by molar-refractivity contribution is 7.80. The predicted octanol–water partition coefficient (Wildman–Crippen LogP) is 1.34. The number of piperidine rings is 1. The van der Waals surface area contributed by atoms with Crippen molar-refractivity contribution in [1.82, 2.24) is 10.2 Å². The van der Waals surface area contributed by atoms with Gasteiger partial charge in [-0.25, -0.2) is 0 Å². The van der Waals surface area contributed by atoms with E-state index in [1.165, 1.54) is 45.4 Å². The standard InChI is InChI=1S/C10H20N2S/c1-9(13)12-6-3-10(4-7-12)2-5-11-8-10/h9,11,13H,2-8H2,1H3. The molecule has 1 atom stereocenters. The number of thiol groups is 1. The second kappa shape index (κ2) is 3.79. The number of rotatable bonds is 1. The maximum Gasteiger partial charge on any atom is 0.0499 e. The molecular weight excluding hydrogens is 180 g/mol. The van der Waals surface area contributed by atoms with E-state index in [0.717, 1.165) is 0 Å². The molecule has 2 heterocycles. The Labute approximate surface area is 86.5 Å². The van der Waals surface area contributed by atoms with E-state index in [-0.39, 0.29) is 0 Å². The third-order valence-electron chi connectivity index (χ3n) is 3.72. The van der Waals surface area contributed by atoms with Crippen LogP contribution < -0.4 is 5.32 Å². The average molecular weight is 200 g/mol. The minimum atomic E-state index is 0.437. The zero-order chi connectivity index (χ0) is 9.31. The summed E-state index contributed by atoms with van der Waals surface area (Å²) in [6.45, 7) is 7.14. The lowest BCUT2D eigenvalue weighted by molar-refractivity contribution is 0.115. The van der Waals surface area contributed by atoms with E-state index >= 15 is 0 Å². The largest absolute Gasteiger partial charge is 0.316 e. The van der Waals surface area contributed by atoms with Crippen LogP contribution in [0.2, 0.25) is 0 Å². The molecule has 1 N–H and O–H groups in total. The zero-order valence-electron chi connectivity index (χ0n) is 8.42. The number of nitrogens with one attached hydrogen (secondary N) is 1.